The second-order valence-corrected chi connectivity index (χ2v) is 8.65. The zero-order valence-corrected chi connectivity index (χ0v) is 15.8. The Hall–Kier alpha value is -2.85. The summed E-state index contributed by atoms with van der Waals surface area (Å²) in [5.41, 5.74) is 1.25. The summed E-state index contributed by atoms with van der Waals surface area (Å²) in [7, 11) is -3.57. The number of pyridine rings is 1. The molecule has 0 unspecified atom stereocenters. The van der Waals surface area contributed by atoms with Gasteiger partial charge in [-0.25, -0.2) is 13.4 Å². The minimum absolute atomic E-state index is 0.0670. The number of piperidine rings is 1. The van der Waals surface area contributed by atoms with E-state index < -0.39 is 10.0 Å². The summed E-state index contributed by atoms with van der Waals surface area (Å²) >= 11 is 0. The molecular weight excluding hydrogens is 382 g/mol. The number of aromatic nitrogens is 4. The van der Waals surface area contributed by atoms with E-state index in [0.717, 1.165) is 11.8 Å². The highest BCUT2D eigenvalue weighted by Gasteiger charge is 2.30. The van der Waals surface area contributed by atoms with Crippen LogP contribution in [0.2, 0.25) is 0 Å². The molecule has 10 heteroatoms. The van der Waals surface area contributed by atoms with Gasteiger partial charge in [-0.05, 0) is 30.9 Å². The van der Waals surface area contributed by atoms with Crippen LogP contribution in [0.5, 0.6) is 0 Å². The molecule has 0 amide bonds. The Kier molecular flexibility index (Phi) is 5.05. The topological polar surface area (TPSA) is 111 Å². The van der Waals surface area contributed by atoms with Crippen LogP contribution in [0.15, 0.2) is 63.6 Å². The molecule has 0 aliphatic carbocycles. The van der Waals surface area contributed by atoms with Crippen molar-refractivity contribution in [3.05, 3.63) is 59.7 Å². The summed E-state index contributed by atoms with van der Waals surface area (Å²) in [6.07, 6.45) is 8.55. The Labute approximate surface area is 161 Å². The van der Waals surface area contributed by atoms with Crippen LogP contribution in [0.1, 0.15) is 12.8 Å². The molecule has 28 heavy (non-hydrogen) atoms. The van der Waals surface area contributed by atoms with Crippen molar-refractivity contribution in [3.63, 3.8) is 0 Å². The Balaban J connectivity index is 1.41. The molecule has 1 saturated heterocycles. The molecule has 0 bridgehead atoms. The van der Waals surface area contributed by atoms with Crippen LogP contribution in [-0.2, 0) is 16.6 Å². The van der Waals surface area contributed by atoms with Crippen LogP contribution < -0.4 is 5.56 Å². The third-order valence-electron chi connectivity index (χ3n) is 4.91. The van der Waals surface area contributed by atoms with Gasteiger partial charge in [-0.1, -0.05) is 5.16 Å². The van der Waals surface area contributed by atoms with Crippen molar-refractivity contribution in [2.24, 2.45) is 5.92 Å². The molecule has 0 spiro atoms. The second-order valence-electron chi connectivity index (χ2n) is 6.71. The highest BCUT2D eigenvalue weighted by Crippen LogP contribution is 2.24. The van der Waals surface area contributed by atoms with Crippen molar-refractivity contribution in [1.82, 2.24) is 24.0 Å². The number of sulfonamides is 1. The number of hydrogen-bond donors (Lipinski definition) is 0. The molecule has 4 rings (SSSR count). The van der Waals surface area contributed by atoms with Gasteiger partial charge in [-0.15, -0.1) is 0 Å². The second kappa shape index (κ2) is 7.64. The van der Waals surface area contributed by atoms with E-state index >= 15 is 0 Å². The van der Waals surface area contributed by atoms with Crippen LogP contribution in [0.4, 0.5) is 0 Å². The summed E-state index contributed by atoms with van der Waals surface area (Å²) < 4.78 is 32.6. The maximum Gasteiger partial charge on any atom is 0.253 e. The molecule has 0 radical (unpaired) electrons. The average molecular weight is 401 g/mol. The van der Waals surface area contributed by atoms with Crippen molar-refractivity contribution in [2.75, 3.05) is 13.1 Å². The van der Waals surface area contributed by atoms with E-state index in [2.05, 4.69) is 19.6 Å². The molecule has 0 aromatic carbocycles. The normalized spacial score (nSPS) is 16.3. The van der Waals surface area contributed by atoms with Crippen molar-refractivity contribution < 1.29 is 12.9 Å². The lowest BCUT2D eigenvalue weighted by atomic mass is 9.98. The van der Waals surface area contributed by atoms with Crippen LogP contribution in [0, 0.1) is 5.92 Å². The molecule has 146 valence electrons. The van der Waals surface area contributed by atoms with Crippen LogP contribution >= 0.6 is 0 Å². The molecule has 1 aliphatic heterocycles. The average Bonchev–Trinajstić information content (AvgIpc) is 3.26. The predicted octanol–water partition coefficient (Wildman–Crippen LogP) is 1.39. The molecular formula is C18H19N5O4S. The Morgan fingerprint density at radius 1 is 1.21 bits per heavy atom. The Morgan fingerprint density at radius 2 is 2.04 bits per heavy atom. The van der Waals surface area contributed by atoms with E-state index in [1.165, 1.54) is 16.6 Å². The standard InChI is InChI=1S/C18H19N5O4S/c24-18-8-17(15-2-1-5-19-9-15)20-13-22(18)11-14-3-6-23(7-4-14)28(25,26)16-10-21-27-12-16/h1-2,5,8-10,12-14H,3-4,6-7,11H2. The third kappa shape index (κ3) is 3.73. The summed E-state index contributed by atoms with van der Waals surface area (Å²) in [6, 6.07) is 5.15. The molecule has 9 nitrogen and oxygen atoms in total. The lowest BCUT2D eigenvalue weighted by molar-refractivity contribution is 0.250. The lowest BCUT2D eigenvalue weighted by Gasteiger charge is -2.30. The first-order valence-electron chi connectivity index (χ1n) is 8.90. The van der Waals surface area contributed by atoms with E-state index in [4.69, 9.17) is 0 Å². The van der Waals surface area contributed by atoms with Crippen molar-refractivity contribution in [2.45, 2.75) is 24.3 Å². The van der Waals surface area contributed by atoms with Crippen molar-refractivity contribution in [3.8, 4) is 11.3 Å². The highest BCUT2D eigenvalue weighted by atomic mass is 32.2. The van der Waals surface area contributed by atoms with Gasteiger partial charge in [-0.2, -0.15) is 4.31 Å². The predicted molar refractivity (Wildman–Crippen MR) is 99.7 cm³/mol. The van der Waals surface area contributed by atoms with E-state index in [1.807, 2.05) is 6.07 Å². The Morgan fingerprint density at radius 3 is 2.68 bits per heavy atom. The molecule has 4 heterocycles. The van der Waals surface area contributed by atoms with Crippen LogP contribution in [-0.4, -0.2) is 45.5 Å². The van der Waals surface area contributed by atoms with E-state index in [0.29, 0.717) is 38.2 Å². The van der Waals surface area contributed by atoms with E-state index in [-0.39, 0.29) is 16.4 Å². The number of nitrogens with zero attached hydrogens (tertiary/aromatic N) is 5. The molecule has 0 N–H and O–H groups in total. The largest absolute Gasteiger partial charge is 0.363 e. The number of rotatable bonds is 5. The molecule has 1 fully saturated rings. The summed E-state index contributed by atoms with van der Waals surface area (Å²) in [5, 5.41) is 3.46. The molecule has 1 aliphatic rings. The van der Waals surface area contributed by atoms with Gasteiger partial charge in [0.1, 0.15) is 11.2 Å². The summed E-state index contributed by atoms with van der Waals surface area (Å²) in [6.45, 7) is 1.31. The van der Waals surface area contributed by atoms with Gasteiger partial charge in [-0.3, -0.25) is 14.3 Å². The zero-order valence-electron chi connectivity index (χ0n) is 15.0. The van der Waals surface area contributed by atoms with E-state index in [1.54, 1.807) is 29.4 Å². The van der Waals surface area contributed by atoms with Crippen molar-refractivity contribution >= 4 is 10.0 Å². The first kappa shape index (κ1) is 18.5. The van der Waals surface area contributed by atoms with Crippen molar-refractivity contribution in [1.29, 1.82) is 0 Å². The quantitative estimate of drug-likeness (QED) is 0.635. The van der Waals surface area contributed by atoms with Crippen LogP contribution in [0.25, 0.3) is 11.3 Å². The fourth-order valence-corrected chi connectivity index (χ4v) is 4.65. The zero-order chi connectivity index (χ0) is 19.6. The molecule has 0 atom stereocenters. The third-order valence-corrected chi connectivity index (χ3v) is 6.75. The van der Waals surface area contributed by atoms with Crippen LogP contribution in [0.3, 0.4) is 0 Å². The maximum absolute atomic E-state index is 12.5. The SMILES string of the molecule is O=c1cc(-c2cccnc2)ncn1CC1CCN(S(=O)(=O)c2cnoc2)CC1. The van der Waals surface area contributed by atoms with Gasteiger partial charge >= 0.3 is 0 Å². The fraction of sp³-hybridized carbons (Fsp3) is 0.333. The number of hydrogen-bond acceptors (Lipinski definition) is 7. The van der Waals surface area contributed by atoms with Gasteiger partial charge in [0.2, 0.25) is 10.0 Å². The van der Waals surface area contributed by atoms with Gasteiger partial charge in [0.25, 0.3) is 5.56 Å². The Bertz CT molecular complexity index is 1090. The summed E-state index contributed by atoms with van der Waals surface area (Å²) in [4.78, 5) is 20.9. The van der Waals surface area contributed by atoms with Gasteiger partial charge in [0, 0.05) is 43.7 Å². The molecule has 3 aromatic heterocycles. The van der Waals surface area contributed by atoms with Gasteiger partial charge < -0.3 is 4.52 Å². The fourth-order valence-electron chi connectivity index (χ4n) is 3.32. The summed E-state index contributed by atoms with van der Waals surface area (Å²) in [5.74, 6) is 0.206. The smallest absolute Gasteiger partial charge is 0.253 e. The minimum Gasteiger partial charge on any atom is -0.363 e. The lowest BCUT2D eigenvalue weighted by Crippen LogP contribution is -2.39. The van der Waals surface area contributed by atoms with Gasteiger partial charge in [0.15, 0.2) is 0 Å². The molecule has 3 aromatic rings. The maximum atomic E-state index is 12.5. The monoisotopic (exact) mass is 401 g/mol. The van der Waals surface area contributed by atoms with E-state index in [9.17, 15) is 13.2 Å². The van der Waals surface area contributed by atoms with Gasteiger partial charge in [0.05, 0.1) is 18.2 Å². The first-order chi connectivity index (χ1) is 13.5. The minimum atomic E-state index is -3.57. The highest BCUT2D eigenvalue weighted by molar-refractivity contribution is 7.89. The molecule has 0 saturated carbocycles. The first-order valence-corrected chi connectivity index (χ1v) is 10.3.